The van der Waals surface area contributed by atoms with Gasteiger partial charge < -0.3 is 11.1 Å². The Morgan fingerprint density at radius 2 is 1.73 bits per heavy atom. The molecule has 5 heteroatoms. The molecule has 22 heavy (non-hydrogen) atoms. The maximum atomic E-state index is 5.87. The molecule has 110 valence electrons. The highest BCUT2D eigenvalue weighted by Gasteiger charge is 2.14. The van der Waals surface area contributed by atoms with E-state index in [1.165, 1.54) is 0 Å². The smallest absolute Gasteiger partial charge is 0.152 e. The fourth-order valence-electron chi connectivity index (χ4n) is 2.17. The number of hydrogen-bond donors (Lipinski definition) is 2. The van der Waals surface area contributed by atoms with Gasteiger partial charge in [0, 0.05) is 24.5 Å². The van der Waals surface area contributed by atoms with Crippen molar-refractivity contribution >= 4 is 5.82 Å². The van der Waals surface area contributed by atoms with Gasteiger partial charge >= 0.3 is 0 Å². The largest absolute Gasteiger partial charge is 0.359 e. The highest BCUT2D eigenvalue weighted by atomic mass is 15.1. The number of benzene rings is 1. The molecule has 0 saturated carbocycles. The van der Waals surface area contributed by atoms with Gasteiger partial charge in [-0.25, -0.2) is 15.0 Å². The molecule has 0 radical (unpaired) electrons. The van der Waals surface area contributed by atoms with Crippen LogP contribution in [0.4, 0.5) is 5.82 Å². The van der Waals surface area contributed by atoms with Crippen molar-refractivity contribution in [3.63, 3.8) is 0 Å². The fourth-order valence-corrected chi connectivity index (χ4v) is 2.17. The Kier molecular flexibility index (Phi) is 4.36. The first-order valence-corrected chi connectivity index (χ1v) is 7.13. The van der Waals surface area contributed by atoms with Gasteiger partial charge in [0.2, 0.25) is 0 Å². The number of rotatable bonds is 5. The van der Waals surface area contributed by atoms with Crippen LogP contribution in [-0.4, -0.2) is 21.5 Å². The third kappa shape index (κ3) is 3.27. The minimum atomic E-state index is -0.182. The van der Waals surface area contributed by atoms with Crippen molar-refractivity contribution in [1.29, 1.82) is 0 Å². The van der Waals surface area contributed by atoms with E-state index in [0.29, 0.717) is 12.4 Å². The molecule has 3 N–H and O–H groups in total. The molecule has 0 aliphatic carbocycles. The van der Waals surface area contributed by atoms with Crippen LogP contribution in [0, 0.1) is 0 Å². The summed E-state index contributed by atoms with van der Waals surface area (Å²) in [7, 11) is 0. The van der Waals surface area contributed by atoms with Crippen molar-refractivity contribution in [2.24, 2.45) is 5.73 Å². The molecule has 0 saturated heterocycles. The zero-order chi connectivity index (χ0) is 15.2. The number of aromatic nitrogens is 3. The molecule has 0 aliphatic heterocycles. The summed E-state index contributed by atoms with van der Waals surface area (Å²) in [5.41, 5.74) is 7.81. The monoisotopic (exact) mass is 291 g/mol. The van der Waals surface area contributed by atoms with Crippen molar-refractivity contribution in [2.45, 2.75) is 6.04 Å². The molecule has 1 atom stereocenters. The lowest BCUT2D eigenvalue weighted by Gasteiger charge is -2.16. The second-order valence-electron chi connectivity index (χ2n) is 4.81. The highest BCUT2D eigenvalue weighted by Crippen LogP contribution is 2.19. The molecule has 0 bridgehead atoms. The first-order chi connectivity index (χ1) is 10.9. The molecule has 0 spiro atoms. The number of hydrogen-bond acceptors (Lipinski definition) is 5. The summed E-state index contributed by atoms with van der Waals surface area (Å²) in [5, 5.41) is 3.26. The van der Waals surface area contributed by atoms with Gasteiger partial charge in [-0.2, -0.15) is 0 Å². The number of nitrogens with two attached hydrogens (primary N) is 1. The molecule has 2 heterocycles. The van der Waals surface area contributed by atoms with Crippen molar-refractivity contribution in [3.8, 4) is 11.3 Å². The van der Waals surface area contributed by atoms with E-state index in [1.807, 2.05) is 54.6 Å². The minimum absolute atomic E-state index is 0.182. The summed E-state index contributed by atoms with van der Waals surface area (Å²) < 4.78 is 0. The number of anilines is 1. The van der Waals surface area contributed by atoms with Gasteiger partial charge in [-0.1, -0.05) is 36.4 Å². The zero-order valence-corrected chi connectivity index (χ0v) is 12.1. The predicted molar refractivity (Wildman–Crippen MR) is 87.1 cm³/mol. The van der Waals surface area contributed by atoms with Gasteiger partial charge in [0.25, 0.3) is 0 Å². The number of nitrogens with one attached hydrogen (secondary N) is 1. The second-order valence-corrected chi connectivity index (χ2v) is 4.81. The maximum absolute atomic E-state index is 5.87. The van der Waals surface area contributed by atoms with Gasteiger partial charge in [0.15, 0.2) is 5.82 Å². The first kappa shape index (κ1) is 14.2. The molecule has 1 unspecified atom stereocenters. The first-order valence-electron chi connectivity index (χ1n) is 7.13. The van der Waals surface area contributed by atoms with Crippen molar-refractivity contribution in [1.82, 2.24) is 15.0 Å². The fraction of sp³-hybridized carbons (Fsp3) is 0.118. The van der Waals surface area contributed by atoms with E-state index in [4.69, 9.17) is 5.73 Å². The van der Waals surface area contributed by atoms with Crippen molar-refractivity contribution < 1.29 is 0 Å². The van der Waals surface area contributed by atoms with Crippen LogP contribution in [0.25, 0.3) is 11.3 Å². The minimum Gasteiger partial charge on any atom is -0.359 e. The Balaban J connectivity index is 1.87. The molecule has 0 aliphatic rings. The third-order valence-corrected chi connectivity index (χ3v) is 3.28. The predicted octanol–water partition coefficient (Wildman–Crippen LogP) is 2.65. The van der Waals surface area contributed by atoms with Gasteiger partial charge in [-0.15, -0.1) is 0 Å². The lowest BCUT2D eigenvalue weighted by atomic mass is 10.1. The standard InChI is InChI=1S/C17H17N5/c18-12-15(21-16-8-4-5-10-19-16)17-20-11-9-14(22-17)13-6-2-1-3-7-13/h1-11,15H,12,18H2,(H,19,21). The summed E-state index contributed by atoms with van der Waals surface area (Å²) in [6.45, 7) is 0.384. The molecule has 5 nitrogen and oxygen atoms in total. The third-order valence-electron chi connectivity index (χ3n) is 3.28. The summed E-state index contributed by atoms with van der Waals surface area (Å²) in [6, 6.07) is 17.4. The van der Waals surface area contributed by atoms with E-state index in [-0.39, 0.29) is 6.04 Å². The topological polar surface area (TPSA) is 76.7 Å². The van der Waals surface area contributed by atoms with Crippen LogP contribution in [0.2, 0.25) is 0 Å². The van der Waals surface area contributed by atoms with Crippen LogP contribution in [0.3, 0.4) is 0 Å². The Hall–Kier alpha value is -2.79. The Morgan fingerprint density at radius 3 is 2.45 bits per heavy atom. The molecular formula is C17H17N5. The lowest BCUT2D eigenvalue weighted by molar-refractivity contribution is 0.723. The van der Waals surface area contributed by atoms with Crippen molar-refractivity contribution in [3.05, 3.63) is 72.8 Å². The summed E-state index contributed by atoms with van der Waals surface area (Å²) in [5.74, 6) is 1.42. The van der Waals surface area contributed by atoms with Crippen LogP contribution in [0.15, 0.2) is 67.0 Å². The van der Waals surface area contributed by atoms with Gasteiger partial charge in [-0.05, 0) is 18.2 Å². The Labute approximate surface area is 129 Å². The maximum Gasteiger partial charge on any atom is 0.152 e. The molecule has 3 aromatic rings. The number of pyridine rings is 1. The van der Waals surface area contributed by atoms with E-state index >= 15 is 0 Å². The normalized spacial score (nSPS) is 11.9. The van der Waals surface area contributed by atoms with E-state index in [1.54, 1.807) is 12.4 Å². The molecular weight excluding hydrogens is 274 g/mol. The molecule has 0 fully saturated rings. The zero-order valence-electron chi connectivity index (χ0n) is 12.1. The number of nitrogens with zero attached hydrogens (tertiary/aromatic N) is 3. The average molecular weight is 291 g/mol. The SMILES string of the molecule is NCC(Nc1ccccn1)c1nccc(-c2ccccc2)n1. The van der Waals surface area contributed by atoms with Gasteiger partial charge in [0.05, 0.1) is 11.7 Å². The molecule has 2 aromatic heterocycles. The van der Waals surface area contributed by atoms with E-state index in [2.05, 4.69) is 20.3 Å². The van der Waals surface area contributed by atoms with E-state index in [0.717, 1.165) is 17.1 Å². The van der Waals surface area contributed by atoms with Gasteiger partial charge in [0.1, 0.15) is 5.82 Å². The van der Waals surface area contributed by atoms with Gasteiger partial charge in [-0.3, -0.25) is 0 Å². The van der Waals surface area contributed by atoms with E-state index < -0.39 is 0 Å². The Bertz CT molecular complexity index is 715. The van der Waals surface area contributed by atoms with Crippen LogP contribution in [0.1, 0.15) is 11.9 Å². The average Bonchev–Trinajstić information content (AvgIpc) is 2.61. The van der Waals surface area contributed by atoms with Crippen LogP contribution in [0.5, 0.6) is 0 Å². The highest BCUT2D eigenvalue weighted by molar-refractivity contribution is 5.58. The quantitative estimate of drug-likeness (QED) is 0.755. The summed E-state index contributed by atoms with van der Waals surface area (Å²) >= 11 is 0. The summed E-state index contributed by atoms with van der Waals surface area (Å²) in [4.78, 5) is 13.2. The second kappa shape index (κ2) is 6.78. The lowest BCUT2D eigenvalue weighted by Crippen LogP contribution is -2.23. The van der Waals surface area contributed by atoms with Crippen LogP contribution in [-0.2, 0) is 0 Å². The Morgan fingerprint density at radius 1 is 0.909 bits per heavy atom. The molecule has 0 amide bonds. The summed E-state index contributed by atoms with van der Waals surface area (Å²) in [6.07, 6.45) is 3.49. The van der Waals surface area contributed by atoms with E-state index in [9.17, 15) is 0 Å². The molecule has 3 rings (SSSR count). The van der Waals surface area contributed by atoms with Crippen molar-refractivity contribution in [2.75, 3.05) is 11.9 Å². The van der Waals surface area contributed by atoms with Crippen LogP contribution < -0.4 is 11.1 Å². The van der Waals surface area contributed by atoms with Crippen LogP contribution >= 0.6 is 0 Å². The molecule has 1 aromatic carbocycles.